The lowest BCUT2D eigenvalue weighted by Gasteiger charge is -2.50. The Balaban J connectivity index is 0.00000288. The van der Waals surface area contributed by atoms with Gasteiger partial charge in [0.05, 0.1) is 39.7 Å². The molecular weight excluding hydrogens is 713 g/mol. The maximum Gasteiger partial charge on any atom is 0.242 e. The fourth-order valence-corrected chi connectivity index (χ4v) is 7.78. The zero-order valence-electron chi connectivity index (χ0n) is 26.4. The van der Waals surface area contributed by atoms with Crippen molar-refractivity contribution >= 4 is 83.0 Å². The number of likely N-dealkylation sites (N-methyl/N-ethyl adjacent to an activating group) is 1. The van der Waals surface area contributed by atoms with Gasteiger partial charge in [-0.3, -0.25) is 14.5 Å². The van der Waals surface area contributed by atoms with Crippen LogP contribution >= 0.6 is 71.2 Å². The number of piperidine rings is 2. The molecule has 0 radical (unpaired) electrons. The van der Waals surface area contributed by atoms with Crippen LogP contribution in [-0.4, -0.2) is 103 Å². The van der Waals surface area contributed by atoms with Gasteiger partial charge >= 0.3 is 0 Å². The van der Waals surface area contributed by atoms with Gasteiger partial charge in [0.15, 0.2) is 0 Å². The van der Waals surface area contributed by atoms with E-state index in [1.807, 2.05) is 37.2 Å². The number of morpholine rings is 1. The highest BCUT2D eigenvalue weighted by atomic mass is 35.5. The Morgan fingerprint density at radius 1 is 0.870 bits per heavy atom. The highest BCUT2D eigenvalue weighted by Gasteiger charge is 2.48. The first-order valence-corrected chi connectivity index (χ1v) is 17.1. The van der Waals surface area contributed by atoms with E-state index in [9.17, 15) is 9.59 Å². The van der Waals surface area contributed by atoms with E-state index < -0.39 is 11.1 Å². The van der Waals surface area contributed by atoms with Gasteiger partial charge in [0.2, 0.25) is 11.8 Å². The quantitative estimate of drug-likeness (QED) is 0.285. The molecule has 3 heterocycles. The molecule has 256 valence electrons. The minimum atomic E-state index is -0.763. The molecular formula is C33H44Cl6N4O3. The number of likely N-dealkylation sites (tertiary alicyclic amines) is 2. The molecule has 5 rings (SSSR count). The maximum atomic E-state index is 13.6. The van der Waals surface area contributed by atoms with Crippen molar-refractivity contribution in [2.24, 2.45) is 0 Å². The van der Waals surface area contributed by atoms with Gasteiger partial charge in [-0.15, -0.1) is 24.8 Å². The molecule has 3 saturated heterocycles. The largest absolute Gasteiger partial charge is 0.367 e. The standard InChI is InChI=1S/C33H42Cl4N4O3.2ClH/c1-38(2)31(43)32(41-14-4-3-5-15-41)11-16-39(17-12-32)18-13-33(25-9-10-26(34)28(36)22-25)23-40(19-20-44-33)29(42)21-24-7-6-8-27(35)30(24)37;;/h6-10,22H,3-5,11-21,23H2,1-2H3;2*1H. The Labute approximate surface area is 305 Å². The molecule has 0 N–H and O–H groups in total. The number of hydrogen-bond acceptors (Lipinski definition) is 5. The van der Waals surface area contributed by atoms with Crippen LogP contribution in [0.5, 0.6) is 0 Å². The number of hydrogen-bond donors (Lipinski definition) is 0. The van der Waals surface area contributed by atoms with E-state index in [0.717, 1.165) is 64.0 Å². The van der Waals surface area contributed by atoms with Gasteiger partial charge in [-0.2, -0.15) is 0 Å². The molecule has 0 saturated carbocycles. The highest BCUT2D eigenvalue weighted by molar-refractivity contribution is 6.42. The lowest BCUT2D eigenvalue weighted by molar-refractivity contribution is -0.155. The Bertz CT molecular complexity index is 1350. The number of benzene rings is 2. The molecule has 2 amide bonds. The molecule has 0 bridgehead atoms. The molecule has 0 spiro atoms. The van der Waals surface area contributed by atoms with E-state index in [4.69, 9.17) is 51.1 Å². The SMILES string of the molecule is CN(C)C(=O)C1(N2CCCCC2)CCN(CCC2(c3ccc(Cl)c(Cl)c3)CN(C(=O)Cc3cccc(Cl)c3Cl)CCO2)CC1.Cl.Cl. The third-order valence-electron chi connectivity index (χ3n) is 9.64. The summed E-state index contributed by atoms with van der Waals surface area (Å²) in [5, 5.41) is 1.76. The second-order valence-corrected chi connectivity index (χ2v) is 14.1. The van der Waals surface area contributed by atoms with Crippen LogP contribution in [0.2, 0.25) is 20.1 Å². The molecule has 46 heavy (non-hydrogen) atoms. The lowest BCUT2D eigenvalue weighted by Crippen LogP contribution is -2.64. The van der Waals surface area contributed by atoms with Crippen molar-refractivity contribution in [2.75, 3.05) is 66.5 Å². The molecule has 1 atom stereocenters. The van der Waals surface area contributed by atoms with E-state index >= 15 is 0 Å². The summed E-state index contributed by atoms with van der Waals surface area (Å²) in [6, 6.07) is 11.0. The molecule has 7 nitrogen and oxygen atoms in total. The monoisotopic (exact) mass is 754 g/mol. The first-order chi connectivity index (χ1) is 21.0. The van der Waals surface area contributed by atoms with Gasteiger partial charge in [0, 0.05) is 40.3 Å². The summed E-state index contributed by atoms with van der Waals surface area (Å²) in [6.45, 7) is 5.63. The highest BCUT2D eigenvalue weighted by Crippen LogP contribution is 2.39. The molecule has 2 aromatic carbocycles. The number of carbonyl (C=O) groups is 2. The van der Waals surface area contributed by atoms with Crippen LogP contribution in [0.3, 0.4) is 0 Å². The Morgan fingerprint density at radius 3 is 2.22 bits per heavy atom. The molecule has 3 fully saturated rings. The topological polar surface area (TPSA) is 56.3 Å². The Hall–Kier alpha value is -1.000. The van der Waals surface area contributed by atoms with Crippen LogP contribution < -0.4 is 0 Å². The first-order valence-electron chi connectivity index (χ1n) is 15.5. The molecule has 0 aliphatic carbocycles. The number of rotatable bonds is 8. The van der Waals surface area contributed by atoms with Gasteiger partial charge < -0.3 is 19.4 Å². The van der Waals surface area contributed by atoms with Crippen molar-refractivity contribution in [2.45, 2.75) is 56.1 Å². The summed E-state index contributed by atoms with van der Waals surface area (Å²) >= 11 is 25.4. The summed E-state index contributed by atoms with van der Waals surface area (Å²) in [5.41, 5.74) is 0.399. The number of halogens is 6. The fourth-order valence-electron chi connectivity index (χ4n) is 7.10. The molecule has 13 heteroatoms. The number of amides is 2. The maximum absolute atomic E-state index is 13.6. The van der Waals surface area contributed by atoms with Crippen molar-refractivity contribution in [1.29, 1.82) is 0 Å². The number of nitrogens with zero attached hydrogens (tertiary/aromatic N) is 4. The molecule has 1 unspecified atom stereocenters. The molecule has 3 aliphatic heterocycles. The van der Waals surface area contributed by atoms with E-state index in [2.05, 4.69) is 9.80 Å². The van der Waals surface area contributed by atoms with Crippen LogP contribution in [0.1, 0.15) is 49.7 Å². The average molecular weight is 757 g/mol. The zero-order chi connectivity index (χ0) is 31.5. The second-order valence-electron chi connectivity index (χ2n) is 12.5. The van der Waals surface area contributed by atoms with Crippen LogP contribution in [0, 0.1) is 0 Å². The van der Waals surface area contributed by atoms with Crippen molar-refractivity contribution < 1.29 is 14.3 Å². The summed E-state index contributed by atoms with van der Waals surface area (Å²) in [4.78, 5) is 35.7. The second kappa shape index (κ2) is 17.1. The Morgan fingerprint density at radius 2 is 1.57 bits per heavy atom. The average Bonchev–Trinajstić information content (AvgIpc) is 3.04. The zero-order valence-corrected chi connectivity index (χ0v) is 31.1. The first kappa shape index (κ1) is 39.4. The number of carbonyl (C=O) groups excluding carboxylic acids is 2. The summed E-state index contributed by atoms with van der Waals surface area (Å²) in [6.07, 6.45) is 5.94. The normalized spacial score (nSPS) is 22.0. The van der Waals surface area contributed by atoms with E-state index in [1.54, 1.807) is 23.1 Å². The predicted molar refractivity (Wildman–Crippen MR) is 192 cm³/mol. The van der Waals surface area contributed by atoms with Crippen LogP contribution in [0.15, 0.2) is 36.4 Å². The third-order valence-corrected chi connectivity index (χ3v) is 11.2. The number of ether oxygens (including phenoxy) is 1. The van der Waals surface area contributed by atoms with Crippen LogP contribution in [-0.2, 0) is 26.3 Å². The van der Waals surface area contributed by atoms with Crippen molar-refractivity contribution in [1.82, 2.24) is 19.6 Å². The van der Waals surface area contributed by atoms with Gasteiger partial charge in [-0.25, -0.2) is 0 Å². The lowest BCUT2D eigenvalue weighted by atomic mass is 9.82. The van der Waals surface area contributed by atoms with Crippen molar-refractivity contribution in [3.63, 3.8) is 0 Å². The van der Waals surface area contributed by atoms with Gasteiger partial charge in [-0.1, -0.05) is 71.0 Å². The summed E-state index contributed by atoms with van der Waals surface area (Å²) in [5.74, 6) is 0.185. The minimum absolute atomic E-state index is 0. The van der Waals surface area contributed by atoms with Gasteiger partial charge in [0.25, 0.3) is 0 Å². The van der Waals surface area contributed by atoms with E-state index in [1.165, 1.54) is 6.42 Å². The fraction of sp³-hybridized carbons (Fsp3) is 0.576. The molecule has 2 aromatic rings. The smallest absolute Gasteiger partial charge is 0.242 e. The van der Waals surface area contributed by atoms with E-state index in [0.29, 0.717) is 51.8 Å². The summed E-state index contributed by atoms with van der Waals surface area (Å²) < 4.78 is 6.58. The third kappa shape index (κ3) is 8.58. The van der Waals surface area contributed by atoms with Crippen LogP contribution in [0.4, 0.5) is 0 Å². The Kier molecular flexibility index (Phi) is 14.7. The van der Waals surface area contributed by atoms with Gasteiger partial charge in [-0.05, 0) is 74.5 Å². The minimum Gasteiger partial charge on any atom is -0.367 e. The predicted octanol–water partition coefficient (Wildman–Crippen LogP) is 7.24. The van der Waals surface area contributed by atoms with Crippen molar-refractivity contribution in [3.8, 4) is 0 Å². The molecule has 3 aliphatic rings. The van der Waals surface area contributed by atoms with Crippen LogP contribution in [0.25, 0.3) is 0 Å². The van der Waals surface area contributed by atoms with Gasteiger partial charge in [0.1, 0.15) is 11.1 Å². The summed E-state index contributed by atoms with van der Waals surface area (Å²) in [7, 11) is 3.74. The van der Waals surface area contributed by atoms with Crippen molar-refractivity contribution in [3.05, 3.63) is 67.6 Å². The van der Waals surface area contributed by atoms with E-state index in [-0.39, 0.29) is 43.0 Å². The molecule has 0 aromatic heterocycles.